The van der Waals surface area contributed by atoms with Crippen molar-refractivity contribution in [1.29, 1.82) is 0 Å². The monoisotopic (exact) mass is 249 g/mol. The zero-order valence-corrected chi connectivity index (χ0v) is 11.2. The highest BCUT2D eigenvalue weighted by Gasteiger charge is 2.14. The quantitative estimate of drug-likeness (QED) is 0.905. The van der Waals surface area contributed by atoms with Crippen molar-refractivity contribution in [3.05, 3.63) is 29.8 Å². The van der Waals surface area contributed by atoms with Gasteiger partial charge in [0, 0.05) is 18.5 Å². The average Bonchev–Trinajstić information content (AvgIpc) is 2.63. The van der Waals surface area contributed by atoms with E-state index >= 15 is 0 Å². The van der Waals surface area contributed by atoms with Crippen LogP contribution in [0.4, 0.5) is 4.39 Å². The van der Waals surface area contributed by atoms with E-state index in [1.54, 1.807) is 12.1 Å². The van der Waals surface area contributed by atoms with Gasteiger partial charge in [0.1, 0.15) is 11.6 Å². The largest absolute Gasteiger partial charge is 0.328 e. The molecule has 2 aromatic rings. The van der Waals surface area contributed by atoms with Crippen molar-refractivity contribution < 1.29 is 4.39 Å². The SMILES string of the molecule is CC(N)CCc1nc2ccc(F)cc2n1C(C)C. The van der Waals surface area contributed by atoms with Gasteiger partial charge in [0.15, 0.2) is 0 Å². The standard InChI is InChI=1S/C14H20FN3/c1-9(2)18-13-8-11(15)5-6-12(13)17-14(18)7-4-10(3)16/h5-6,8-10H,4,7,16H2,1-3H3. The minimum atomic E-state index is -0.219. The predicted molar refractivity (Wildman–Crippen MR) is 72.0 cm³/mol. The molecular weight excluding hydrogens is 229 g/mol. The number of halogens is 1. The molecule has 2 N–H and O–H groups in total. The molecule has 0 fully saturated rings. The maximum atomic E-state index is 13.3. The summed E-state index contributed by atoms with van der Waals surface area (Å²) in [5.41, 5.74) is 7.50. The molecule has 1 heterocycles. The van der Waals surface area contributed by atoms with Crippen LogP contribution in [0.1, 0.15) is 39.1 Å². The summed E-state index contributed by atoms with van der Waals surface area (Å²) < 4.78 is 15.4. The highest BCUT2D eigenvalue weighted by molar-refractivity contribution is 5.76. The lowest BCUT2D eigenvalue weighted by Gasteiger charge is -2.13. The normalized spacial score (nSPS) is 13.4. The molecule has 4 heteroatoms. The van der Waals surface area contributed by atoms with Crippen LogP contribution in [-0.4, -0.2) is 15.6 Å². The first-order valence-electron chi connectivity index (χ1n) is 6.41. The van der Waals surface area contributed by atoms with Crippen molar-refractivity contribution in [3.63, 3.8) is 0 Å². The van der Waals surface area contributed by atoms with E-state index in [0.29, 0.717) is 0 Å². The molecule has 98 valence electrons. The zero-order chi connectivity index (χ0) is 13.3. The molecule has 0 aliphatic heterocycles. The van der Waals surface area contributed by atoms with E-state index in [1.807, 2.05) is 6.92 Å². The highest BCUT2D eigenvalue weighted by atomic mass is 19.1. The van der Waals surface area contributed by atoms with Gasteiger partial charge in [0.2, 0.25) is 0 Å². The summed E-state index contributed by atoms with van der Waals surface area (Å²) in [4.78, 5) is 4.59. The maximum Gasteiger partial charge on any atom is 0.125 e. The summed E-state index contributed by atoms with van der Waals surface area (Å²) >= 11 is 0. The Kier molecular flexibility index (Phi) is 3.66. The van der Waals surface area contributed by atoms with Gasteiger partial charge < -0.3 is 10.3 Å². The minimum Gasteiger partial charge on any atom is -0.328 e. The third kappa shape index (κ3) is 2.53. The van der Waals surface area contributed by atoms with Gasteiger partial charge in [-0.15, -0.1) is 0 Å². The number of benzene rings is 1. The highest BCUT2D eigenvalue weighted by Crippen LogP contribution is 2.23. The Balaban J connectivity index is 2.48. The van der Waals surface area contributed by atoms with Crippen molar-refractivity contribution in [2.75, 3.05) is 0 Å². The Morgan fingerprint density at radius 3 is 2.67 bits per heavy atom. The van der Waals surface area contributed by atoms with E-state index in [9.17, 15) is 4.39 Å². The molecule has 18 heavy (non-hydrogen) atoms. The molecule has 0 saturated heterocycles. The van der Waals surface area contributed by atoms with Gasteiger partial charge in [-0.2, -0.15) is 0 Å². The third-order valence-corrected chi connectivity index (χ3v) is 3.06. The summed E-state index contributed by atoms with van der Waals surface area (Å²) in [6.45, 7) is 6.16. The molecular formula is C14H20FN3. The summed E-state index contributed by atoms with van der Waals surface area (Å²) in [5, 5.41) is 0. The Labute approximate surface area is 107 Å². The van der Waals surface area contributed by atoms with E-state index in [-0.39, 0.29) is 17.9 Å². The van der Waals surface area contributed by atoms with Crippen molar-refractivity contribution >= 4 is 11.0 Å². The van der Waals surface area contributed by atoms with Gasteiger partial charge in [0.25, 0.3) is 0 Å². The zero-order valence-electron chi connectivity index (χ0n) is 11.2. The van der Waals surface area contributed by atoms with Crippen LogP contribution >= 0.6 is 0 Å². The fraction of sp³-hybridized carbons (Fsp3) is 0.500. The lowest BCUT2D eigenvalue weighted by molar-refractivity contribution is 0.558. The van der Waals surface area contributed by atoms with Crippen LogP contribution in [0, 0.1) is 5.82 Å². The molecule has 0 spiro atoms. The first-order chi connectivity index (χ1) is 8.49. The number of rotatable bonds is 4. The molecule has 0 radical (unpaired) electrons. The Hall–Kier alpha value is -1.42. The van der Waals surface area contributed by atoms with Gasteiger partial charge >= 0.3 is 0 Å². The second-order valence-electron chi connectivity index (χ2n) is 5.14. The number of hydrogen-bond acceptors (Lipinski definition) is 2. The molecule has 1 aromatic carbocycles. The Bertz CT molecular complexity index is 543. The summed E-state index contributed by atoms with van der Waals surface area (Å²) in [6.07, 6.45) is 1.71. The number of fused-ring (bicyclic) bond motifs is 1. The number of aryl methyl sites for hydroxylation is 1. The number of hydrogen-bond donors (Lipinski definition) is 1. The van der Waals surface area contributed by atoms with Crippen LogP contribution in [0.15, 0.2) is 18.2 Å². The third-order valence-electron chi connectivity index (χ3n) is 3.06. The van der Waals surface area contributed by atoms with Crippen molar-refractivity contribution in [2.45, 2.75) is 45.7 Å². The fourth-order valence-electron chi connectivity index (χ4n) is 2.23. The van der Waals surface area contributed by atoms with E-state index in [4.69, 9.17) is 5.73 Å². The van der Waals surface area contributed by atoms with Gasteiger partial charge in [-0.1, -0.05) is 0 Å². The lowest BCUT2D eigenvalue weighted by atomic mass is 10.2. The van der Waals surface area contributed by atoms with Gasteiger partial charge in [-0.05, 0) is 45.4 Å². The van der Waals surface area contributed by atoms with Crippen LogP contribution in [-0.2, 0) is 6.42 Å². The molecule has 0 saturated carbocycles. The summed E-state index contributed by atoms with van der Waals surface area (Å²) in [7, 11) is 0. The van der Waals surface area contributed by atoms with Crippen LogP contribution in [0.2, 0.25) is 0 Å². The number of nitrogens with zero attached hydrogens (tertiary/aromatic N) is 2. The Morgan fingerprint density at radius 2 is 2.06 bits per heavy atom. The number of nitrogens with two attached hydrogens (primary N) is 1. The van der Waals surface area contributed by atoms with Crippen molar-refractivity contribution in [3.8, 4) is 0 Å². The smallest absolute Gasteiger partial charge is 0.125 e. The second kappa shape index (κ2) is 5.06. The fourth-order valence-corrected chi connectivity index (χ4v) is 2.23. The Morgan fingerprint density at radius 1 is 1.33 bits per heavy atom. The molecule has 0 bridgehead atoms. The average molecular weight is 249 g/mol. The molecule has 1 atom stereocenters. The van der Waals surface area contributed by atoms with E-state index in [2.05, 4.69) is 23.4 Å². The first kappa shape index (κ1) is 13.0. The predicted octanol–water partition coefficient (Wildman–Crippen LogP) is 3.04. The van der Waals surface area contributed by atoms with Gasteiger partial charge in [0.05, 0.1) is 11.0 Å². The van der Waals surface area contributed by atoms with Crippen LogP contribution in [0.5, 0.6) is 0 Å². The molecule has 3 nitrogen and oxygen atoms in total. The van der Waals surface area contributed by atoms with Crippen LogP contribution < -0.4 is 5.73 Å². The van der Waals surface area contributed by atoms with E-state index in [1.165, 1.54) is 6.07 Å². The van der Waals surface area contributed by atoms with Crippen LogP contribution in [0.25, 0.3) is 11.0 Å². The molecule has 0 aliphatic rings. The second-order valence-corrected chi connectivity index (χ2v) is 5.14. The molecule has 2 rings (SSSR count). The minimum absolute atomic E-state index is 0.155. The first-order valence-corrected chi connectivity index (χ1v) is 6.41. The van der Waals surface area contributed by atoms with E-state index < -0.39 is 0 Å². The van der Waals surface area contributed by atoms with E-state index in [0.717, 1.165) is 29.7 Å². The van der Waals surface area contributed by atoms with Crippen molar-refractivity contribution in [1.82, 2.24) is 9.55 Å². The number of aromatic nitrogens is 2. The topological polar surface area (TPSA) is 43.8 Å². The molecule has 1 aromatic heterocycles. The molecule has 0 amide bonds. The lowest BCUT2D eigenvalue weighted by Crippen LogP contribution is -2.17. The van der Waals surface area contributed by atoms with Crippen molar-refractivity contribution in [2.24, 2.45) is 5.73 Å². The van der Waals surface area contributed by atoms with Crippen LogP contribution in [0.3, 0.4) is 0 Å². The molecule has 0 aliphatic carbocycles. The van der Waals surface area contributed by atoms with Gasteiger partial charge in [-0.3, -0.25) is 0 Å². The summed E-state index contributed by atoms with van der Waals surface area (Å²) in [5.74, 6) is 0.769. The maximum absolute atomic E-state index is 13.3. The number of imidazole rings is 1. The molecule has 1 unspecified atom stereocenters. The summed E-state index contributed by atoms with van der Waals surface area (Å²) in [6, 6.07) is 5.16. The van der Waals surface area contributed by atoms with Gasteiger partial charge in [-0.25, -0.2) is 9.37 Å².